The van der Waals surface area contributed by atoms with Crippen LogP contribution in [0.3, 0.4) is 0 Å². The van der Waals surface area contributed by atoms with E-state index >= 15 is 0 Å². The molecule has 0 fully saturated rings. The van der Waals surface area contributed by atoms with E-state index in [-0.39, 0.29) is 28.0 Å². The second-order valence-corrected chi connectivity index (χ2v) is 12.6. The number of esters is 1. The molecule has 0 saturated heterocycles. The molecular weight excluding hydrogens is 560 g/mol. The van der Waals surface area contributed by atoms with Crippen LogP contribution in [0.15, 0.2) is 50.5 Å². The smallest absolute Gasteiger partial charge is 0.372 e. The first-order valence-electron chi connectivity index (χ1n) is 16.0. The third-order valence-electron chi connectivity index (χ3n) is 8.06. The molecule has 1 atom stereocenters. The molecule has 0 aliphatic rings. The standard InChI is InChI=1S/C36H48O6S/c1-5-7-8-9-10-11-12-16-26-19-21-27(22-20-26)30(17-13-14-18-32(37)41-4)43-31-24-23-29-33(38)25(3)34(36(39)40)42-35(29)28(31)15-6-2/h19-24,30H,5-18H2,1-4H3,(H,39,40). The molecule has 1 heterocycles. The average Bonchev–Trinajstić information content (AvgIpc) is 3.00. The van der Waals surface area contributed by atoms with Gasteiger partial charge in [0.2, 0.25) is 5.76 Å². The van der Waals surface area contributed by atoms with Crippen LogP contribution >= 0.6 is 11.8 Å². The van der Waals surface area contributed by atoms with Crippen LogP contribution in [0.2, 0.25) is 0 Å². The highest BCUT2D eigenvalue weighted by Gasteiger charge is 2.22. The van der Waals surface area contributed by atoms with Crippen molar-refractivity contribution in [2.24, 2.45) is 0 Å². The number of carbonyl (C=O) groups excluding carboxylic acids is 1. The Kier molecular flexibility index (Phi) is 14.3. The third-order valence-corrected chi connectivity index (χ3v) is 9.49. The summed E-state index contributed by atoms with van der Waals surface area (Å²) < 4.78 is 10.7. The molecule has 2 aromatic carbocycles. The molecule has 0 aliphatic heterocycles. The lowest BCUT2D eigenvalue weighted by Crippen LogP contribution is -2.13. The second-order valence-electron chi connectivity index (χ2n) is 11.4. The summed E-state index contributed by atoms with van der Waals surface area (Å²) in [5.74, 6) is -1.73. The zero-order chi connectivity index (χ0) is 31.2. The Balaban J connectivity index is 1.85. The average molecular weight is 609 g/mol. The van der Waals surface area contributed by atoms with E-state index in [1.54, 1.807) is 17.8 Å². The van der Waals surface area contributed by atoms with Crippen LogP contribution in [0.25, 0.3) is 11.0 Å². The summed E-state index contributed by atoms with van der Waals surface area (Å²) in [6, 6.07) is 12.7. The number of rotatable bonds is 19. The number of methoxy groups -OCH3 is 1. The summed E-state index contributed by atoms with van der Waals surface area (Å²) in [5, 5.41) is 10.2. The fraction of sp³-hybridized carbons (Fsp3) is 0.528. The second kappa shape index (κ2) is 17.9. The van der Waals surface area contributed by atoms with Crippen molar-refractivity contribution in [2.75, 3.05) is 7.11 Å². The number of aryl methyl sites for hydroxylation is 2. The van der Waals surface area contributed by atoms with Crippen molar-refractivity contribution in [1.29, 1.82) is 0 Å². The predicted molar refractivity (Wildman–Crippen MR) is 175 cm³/mol. The van der Waals surface area contributed by atoms with Gasteiger partial charge in [-0.05, 0) is 62.3 Å². The van der Waals surface area contributed by atoms with Gasteiger partial charge in [0, 0.05) is 27.7 Å². The number of fused-ring (bicyclic) bond motifs is 1. The Morgan fingerprint density at radius 3 is 2.23 bits per heavy atom. The number of thioether (sulfide) groups is 1. The number of carbonyl (C=O) groups is 2. The molecule has 3 rings (SSSR count). The molecule has 1 N–H and O–H groups in total. The fourth-order valence-corrected chi connectivity index (χ4v) is 6.89. The summed E-state index contributed by atoms with van der Waals surface area (Å²) in [7, 11) is 1.42. The minimum atomic E-state index is -1.24. The van der Waals surface area contributed by atoms with Gasteiger partial charge in [-0.1, -0.05) is 89.5 Å². The van der Waals surface area contributed by atoms with Crippen molar-refractivity contribution in [3.8, 4) is 0 Å². The number of aromatic carboxylic acids is 1. The monoisotopic (exact) mass is 608 g/mol. The molecular formula is C36H48O6S. The van der Waals surface area contributed by atoms with Crippen molar-refractivity contribution in [1.82, 2.24) is 0 Å². The molecule has 6 nitrogen and oxygen atoms in total. The van der Waals surface area contributed by atoms with Crippen LogP contribution in [-0.4, -0.2) is 24.2 Å². The highest BCUT2D eigenvalue weighted by molar-refractivity contribution is 7.99. The van der Waals surface area contributed by atoms with Crippen molar-refractivity contribution in [2.45, 2.75) is 121 Å². The number of ether oxygens (including phenoxy) is 1. The summed E-state index contributed by atoms with van der Waals surface area (Å²) in [6.07, 6.45) is 14.5. The van der Waals surface area contributed by atoms with E-state index < -0.39 is 5.97 Å². The molecule has 234 valence electrons. The lowest BCUT2D eigenvalue weighted by atomic mass is 10.0. The Morgan fingerprint density at radius 2 is 1.58 bits per heavy atom. The van der Waals surface area contributed by atoms with Crippen molar-refractivity contribution in [3.63, 3.8) is 0 Å². The van der Waals surface area contributed by atoms with Crippen molar-refractivity contribution < 1.29 is 23.8 Å². The minimum absolute atomic E-state index is 0.114. The molecule has 0 spiro atoms. The van der Waals surface area contributed by atoms with Gasteiger partial charge in [-0.3, -0.25) is 9.59 Å². The summed E-state index contributed by atoms with van der Waals surface area (Å²) >= 11 is 1.72. The van der Waals surface area contributed by atoms with Crippen molar-refractivity contribution in [3.05, 3.63) is 74.6 Å². The van der Waals surface area contributed by atoms with E-state index in [2.05, 4.69) is 38.1 Å². The summed E-state index contributed by atoms with van der Waals surface area (Å²) in [5.41, 5.74) is 3.62. The van der Waals surface area contributed by atoms with Crippen molar-refractivity contribution >= 4 is 34.7 Å². The normalized spacial score (nSPS) is 12.0. The Hall–Kier alpha value is -3.06. The molecule has 0 bridgehead atoms. The van der Waals surface area contributed by atoms with Crippen LogP contribution in [0, 0.1) is 6.92 Å². The largest absolute Gasteiger partial charge is 0.475 e. The highest BCUT2D eigenvalue weighted by Crippen LogP contribution is 2.42. The van der Waals surface area contributed by atoms with E-state index in [1.807, 2.05) is 6.07 Å². The minimum Gasteiger partial charge on any atom is -0.475 e. The first kappa shape index (κ1) is 34.4. The SMILES string of the molecule is CCCCCCCCCc1ccc(C(CCCCC(=O)OC)Sc2ccc3c(=O)c(C)c(C(=O)O)oc3c2CCC)cc1. The maximum absolute atomic E-state index is 13.0. The van der Waals surface area contributed by atoms with Gasteiger partial charge in [-0.25, -0.2) is 4.79 Å². The maximum Gasteiger partial charge on any atom is 0.372 e. The zero-order valence-corrected chi connectivity index (χ0v) is 27.2. The lowest BCUT2D eigenvalue weighted by molar-refractivity contribution is -0.140. The number of unbranched alkanes of at least 4 members (excludes halogenated alkanes) is 7. The van der Waals surface area contributed by atoms with Gasteiger partial charge < -0.3 is 14.3 Å². The molecule has 1 unspecified atom stereocenters. The molecule has 0 saturated carbocycles. The fourth-order valence-electron chi connectivity index (χ4n) is 5.52. The number of carboxylic acid groups (broad SMARTS) is 1. The molecule has 43 heavy (non-hydrogen) atoms. The van der Waals surface area contributed by atoms with E-state index in [0.29, 0.717) is 23.8 Å². The summed E-state index contributed by atoms with van der Waals surface area (Å²) in [6.45, 7) is 5.81. The van der Waals surface area contributed by atoms with Gasteiger partial charge >= 0.3 is 11.9 Å². The van der Waals surface area contributed by atoms with Crippen LogP contribution in [0.1, 0.15) is 129 Å². The van der Waals surface area contributed by atoms with Gasteiger partial charge in [-0.2, -0.15) is 0 Å². The Labute approximate surface area is 260 Å². The van der Waals surface area contributed by atoms with Gasteiger partial charge in [0.25, 0.3) is 0 Å². The molecule has 7 heteroatoms. The topological polar surface area (TPSA) is 93.8 Å². The number of carboxylic acids is 1. The van der Waals surface area contributed by atoms with Crippen LogP contribution in [0.4, 0.5) is 0 Å². The molecule has 1 aromatic heterocycles. The Morgan fingerprint density at radius 1 is 0.884 bits per heavy atom. The van der Waals surface area contributed by atoms with E-state index in [4.69, 9.17) is 9.15 Å². The lowest BCUT2D eigenvalue weighted by Gasteiger charge is -2.20. The van der Waals surface area contributed by atoms with Gasteiger partial charge in [-0.15, -0.1) is 11.8 Å². The highest BCUT2D eigenvalue weighted by atomic mass is 32.2. The molecule has 0 radical (unpaired) electrons. The van der Waals surface area contributed by atoms with Crippen LogP contribution < -0.4 is 5.43 Å². The predicted octanol–water partition coefficient (Wildman–Crippen LogP) is 9.61. The van der Waals surface area contributed by atoms with Crippen LogP contribution in [0.5, 0.6) is 0 Å². The van der Waals surface area contributed by atoms with Gasteiger partial charge in [0.1, 0.15) is 5.58 Å². The van der Waals surface area contributed by atoms with Crippen LogP contribution in [-0.2, 0) is 22.4 Å². The maximum atomic E-state index is 13.0. The Bertz CT molecular complexity index is 1390. The number of hydrogen-bond acceptors (Lipinski definition) is 6. The molecule has 0 amide bonds. The first-order valence-corrected chi connectivity index (χ1v) is 16.8. The first-order chi connectivity index (χ1) is 20.8. The van der Waals surface area contributed by atoms with E-state index in [9.17, 15) is 19.5 Å². The quantitative estimate of drug-likeness (QED) is 0.0822. The van der Waals surface area contributed by atoms with Gasteiger partial charge in [0.15, 0.2) is 5.43 Å². The van der Waals surface area contributed by atoms with E-state index in [1.165, 1.54) is 70.1 Å². The molecule has 0 aliphatic carbocycles. The number of hydrogen-bond donors (Lipinski definition) is 1. The summed E-state index contributed by atoms with van der Waals surface area (Å²) in [4.78, 5) is 37.6. The third kappa shape index (κ3) is 9.99. The van der Waals surface area contributed by atoms with E-state index in [0.717, 1.165) is 42.6 Å². The zero-order valence-electron chi connectivity index (χ0n) is 26.3. The van der Waals surface area contributed by atoms with Gasteiger partial charge in [0.05, 0.1) is 12.5 Å². The molecule has 3 aromatic rings. The number of benzene rings is 2.